The van der Waals surface area contributed by atoms with Crippen LogP contribution in [0.15, 0.2) is 35.5 Å². The number of thioether (sulfide) groups is 1. The first kappa shape index (κ1) is 32.3. The van der Waals surface area contributed by atoms with Gasteiger partial charge in [0.1, 0.15) is 5.01 Å². The monoisotopic (exact) mass is 665 g/mol. The van der Waals surface area contributed by atoms with E-state index < -0.39 is 5.91 Å². The summed E-state index contributed by atoms with van der Waals surface area (Å²) in [5.41, 5.74) is 0.916. The molecule has 2 N–H and O–H groups in total. The number of hydrogen-bond donors (Lipinski definition) is 2. The number of hydrogen-bond acceptors (Lipinski definition) is 11. The average molecular weight is 667 g/mol. The maximum Gasteiger partial charge on any atom is 0.251 e. The minimum atomic E-state index is -0.394. The van der Waals surface area contributed by atoms with Gasteiger partial charge in [-0.2, -0.15) is 0 Å². The second-order valence-electron chi connectivity index (χ2n) is 8.58. The molecule has 0 saturated carbocycles. The van der Waals surface area contributed by atoms with Crippen molar-refractivity contribution >= 4 is 63.2 Å². The molecule has 0 radical (unpaired) electrons. The van der Waals surface area contributed by atoms with Crippen LogP contribution in [0.2, 0.25) is 10.0 Å². The maximum atomic E-state index is 13.3. The van der Waals surface area contributed by atoms with Crippen LogP contribution in [0.5, 0.6) is 17.2 Å². The van der Waals surface area contributed by atoms with E-state index in [1.165, 1.54) is 11.3 Å². The van der Waals surface area contributed by atoms with Crippen molar-refractivity contribution in [2.24, 2.45) is 0 Å². The van der Waals surface area contributed by atoms with Crippen LogP contribution < -0.4 is 24.8 Å². The van der Waals surface area contributed by atoms with Crippen LogP contribution in [0.4, 0.5) is 5.13 Å². The summed E-state index contributed by atoms with van der Waals surface area (Å²) in [6.45, 7) is 8.50. The number of benzene rings is 2. The van der Waals surface area contributed by atoms with Crippen molar-refractivity contribution in [2.45, 2.75) is 39.4 Å². The number of nitrogens with one attached hydrogen (secondary N) is 2. The first-order valence-corrected chi connectivity index (χ1v) is 15.8. The van der Waals surface area contributed by atoms with Gasteiger partial charge in [0.2, 0.25) is 16.8 Å². The fourth-order valence-corrected chi connectivity index (χ4v) is 5.48. The van der Waals surface area contributed by atoms with E-state index in [-0.39, 0.29) is 18.2 Å². The highest BCUT2D eigenvalue weighted by Crippen LogP contribution is 2.39. The fourth-order valence-electron chi connectivity index (χ4n) is 3.81. The minimum absolute atomic E-state index is 0.00401. The van der Waals surface area contributed by atoms with Crippen LogP contribution in [-0.2, 0) is 11.3 Å². The standard InChI is InChI=1S/C27H29Cl2N7O5S2/c1-5-39-20-10-16(11-21(40-6-2)24(20)41-7-3)25(38)30-13-22-33-35-27(36(22)17-8-9-18(28)19(29)12-17)42-14-23(37)31-26-34-32-15(4)43-26/h8-12H,5-7,13-14H2,1-4H3,(H,30,38)(H,31,34,37). The smallest absolute Gasteiger partial charge is 0.251 e. The molecule has 0 aliphatic rings. The SMILES string of the molecule is CCOc1cc(C(=O)NCc2nnc(SCC(=O)Nc3nnc(C)s3)n2-c2ccc(Cl)c(Cl)c2)cc(OCC)c1OCC. The van der Waals surface area contributed by atoms with E-state index in [1.54, 1.807) is 41.8 Å². The molecule has 0 atom stereocenters. The third-order valence-electron chi connectivity index (χ3n) is 5.54. The molecule has 12 nitrogen and oxygen atoms in total. The third-order valence-corrected chi connectivity index (χ3v) is 7.97. The molecular weight excluding hydrogens is 637 g/mol. The van der Waals surface area contributed by atoms with Crippen molar-refractivity contribution < 1.29 is 23.8 Å². The third kappa shape index (κ3) is 8.28. The van der Waals surface area contributed by atoms with Gasteiger partial charge in [-0.1, -0.05) is 46.3 Å². The molecule has 4 aromatic rings. The molecule has 0 bridgehead atoms. The number of rotatable bonds is 14. The van der Waals surface area contributed by atoms with E-state index in [4.69, 9.17) is 37.4 Å². The van der Waals surface area contributed by atoms with Gasteiger partial charge < -0.3 is 19.5 Å². The number of ether oxygens (including phenoxy) is 3. The van der Waals surface area contributed by atoms with E-state index in [2.05, 4.69) is 31.0 Å². The van der Waals surface area contributed by atoms with Crippen molar-refractivity contribution in [3.63, 3.8) is 0 Å². The van der Waals surface area contributed by atoms with Gasteiger partial charge in [0.25, 0.3) is 5.91 Å². The summed E-state index contributed by atoms with van der Waals surface area (Å²) in [6, 6.07) is 8.25. The van der Waals surface area contributed by atoms with Gasteiger partial charge in [-0.15, -0.1) is 20.4 Å². The highest BCUT2D eigenvalue weighted by molar-refractivity contribution is 7.99. The molecule has 4 rings (SSSR count). The van der Waals surface area contributed by atoms with Crippen LogP contribution in [0.3, 0.4) is 0 Å². The summed E-state index contributed by atoms with van der Waals surface area (Å²) in [5, 5.41) is 24.2. The second-order valence-corrected chi connectivity index (χ2v) is 11.5. The Morgan fingerprint density at radius 2 is 1.63 bits per heavy atom. The average Bonchev–Trinajstić information content (AvgIpc) is 3.59. The lowest BCUT2D eigenvalue weighted by Gasteiger charge is -2.17. The number of aromatic nitrogens is 5. The molecule has 0 spiro atoms. The van der Waals surface area contributed by atoms with Gasteiger partial charge in [-0.05, 0) is 58.0 Å². The summed E-state index contributed by atoms with van der Waals surface area (Å²) < 4.78 is 18.9. The topological polar surface area (TPSA) is 142 Å². The van der Waals surface area contributed by atoms with Gasteiger partial charge in [0.15, 0.2) is 22.5 Å². The molecule has 0 fully saturated rings. The Bertz CT molecular complexity index is 1570. The zero-order valence-corrected chi connectivity index (χ0v) is 26.9. The van der Waals surface area contributed by atoms with E-state index >= 15 is 0 Å². The van der Waals surface area contributed by atoms with Crippen molar-refractivity contribution in [3.8, 4) is 22.9 Å². The predicted molar refractivity (Wildman–Crippen MR) is 166 cm³/mol. The Morgan fingerprint density at radius 3 is 2.23 bits per heavy atom. The minimum Gasteiger partial charge on any atom is -0.490 e. The number of halogens is 2. The molecule has 0 aliphatic carbocycles. The molecular formula is C27H29Cl2N7O5S2. The van der Waals surface area contributed by atoms with E-state index in [0.29, 0.717) is 74.5 Å². The number of amides is 2. The molecule has 0 aliphatic heterocycles. The van der Waals surface area contributed by atoms with Gasteiger partial charge >= 0.3 is 0 Å². The molecule has 228 valence electrons. The number of carbonyl (C=O) groups excluding carboxylic acids is 2. The lowest BCUT2D eigenvalue weighted by molar-refractivity contribution is -0.113. The van der Waals surface area contributed by atoms with Crippen LogP contribution in [0.1, 0.15) is 42.0 Å². The van der Waals surface area contributed by atoms with Gasteiger partial charge in [0.05, 0.1) is 47.9 Å². The summed E-state index contributed by atoms with van der Waals surface area (Å²) in [7, 11) is 0. The lowest BCUT2D eigenvalue weighted by atomic mass is 10.1. The Labute approximate surface area is 266 Å². The molecule has 2 aromatic heterocycles. The Hall–Kier alpha value is -3.59. The maximum absolute atomic E-state index is 13.3. The predicted octanol–water partition coefficient (Wildman–Crippen LogP) is 5.59. The van der Waals surface area contributed by atoms with E-state index in [0.717, 1.165) is 16.8 Å². The summed E-state index contributed by atoms with van der Waals surface area (Å²) in [5.74, 6) is 0.987. The quantitative estimate of drug-likeness (QED) is 0.164. The fraction of sp³-hybridized carbons (Fsp3) is 0.333. The molecule has 2 heterocycles. The zero-order valence-electron chi connectivity index (χ0n) is 23.8. The molecule has 0 saturated heterocycles. The lowest BCUT2D eigenvalue weighted by Crippen LogP contribution is -2.25. The molecule has 2 aromatic carbocycles. The highest BCUT2D eigenvalue weighted by atomic mass is 35.5. The van der Waals surface area contributed by atoms with Crippen molar-refractivity contribution in [3.05, 3.63) is 56.8 Å². The van der Waals surface area contributed by atoms with Crippen molar-refractivity contribution in [2.75, 3.05) is 30.9 Å². The van der Waals surface area contributed by atoms with Gasteiger partial charge in [0, 0.05) is 5.56 Å². The number of nitrogens with zero attached hydrogens (tertiary/aromatic N) is 5. The van der Waals surface area contributed by atoms with Crippen LogP contribution in [0.25, 0.3) is 5.69 Å². The number of aryl methyl sites for hydroxylation is 1. The Kier molecular flexibility index (Phi) is 11.4. The van der Waals surface area contributed by atoms with Crippen molar-refractivity contribution in [1.82, 2.24) is 30.3 Å². The molecule has 2 amide bonds. The van der Waals surface area contributed by atoms with Crippen LogP contribution in [0, 0.1) is 6.92 Å². The first-order chi connectivity index (χ1) is 20.7. The largest absolute Gasteiger partial charge is 0.490 e. The van der Waals surface area contributed by atoms with Gasteiger partial charge in [-0.25, -0.2) is 0 Å². The summed E-state index contributed by atoms with van der Waals surface area (Å²) >= 11 is 14.9. The molecule has 0 unspecified atom stereocenters. The van der Waals surface area contributed by atoms with Crippen LogP contribution in [-0.4, -0.2) is 62.3 Å². The second kappa shape index (κ2) is 15.2. The molecule has 16 heteroatoms. The first-order valence-electron chi connectivity index (χ1n) is 13.2. The zero-order chi connectivity index (χ0) is 30.9. The summed E-state index contributed by atoms with van der Waals surface area (Å²) in [4.78, 5) is 25.9. The Balaban J connectivity index is 1.57. The highest BCUT2D eigenvalue weighted by Gasteiger charge is 2.21. The number of carbonyl (C=O) groups is 2. The molecule has 43 heavy (non-hydrogen) atoms. The van der Waals surface area contributed by atoms with E-state index in [1.807, 2.05) is 20.8 Å². The van der Waals surface area contributed by atoms with Gasteiger partial charge in [-0.3, -0.25) is 19.5 Å². The van der Waals surface area contributed by atoms with Crippen molar-refractivity contribution in [1.29, 1.82) is 0 Å². The Morgan fingerprint density at radius 1 is 0.930 bits per heavy atom. The van der Waals surface area contributed by atoms with Crippen LogP contribution >= 0.6 is 46.3 Å². The normalized spacial score (nSPS) is 10.8. The summed E-state index contributed by atoms with van der Waals surface area (Å²) in [6.07, 6.45) is 0. The van der Waals surface area contributed by atoms with E-state index in [9.17, 15) is 9.59 Å². The number of anilines is 1.